The van der Waals surface area contributed by atoms with Crippen LogP contribution in [0.5, 0.6) is 0 Å². The zero-order valence-electron chi connectivity index (χ0n) is 50.4. The van der Waals surface area contributed by atoms with Crippen molar-refractivity contribution in [3.63, 3.8) is 0 Å². The number of allylic oxidation sites excluding steroid dienone is 1. The fourth-order valence-corrected chi connectivity index (χ4v) is 10.3. The summed E-state index contributed by atoms with van der Waals surface area (Å²) in [5.74, 6) is 30.3. The van der Waals surface area contributed by atoms with Crippen LogP contribution in [0.15, 0.2) is 37.6 Å². The van der Waals surface area contributed by atoms with E-state index in [4.69, 9.17) is 68.4 Å². The van der Waals surface area contributed by atoms with Gasteiger partial charge in [-0.1, -0.05) is 121 Å². The van der Waals surface area contributed by atoms with E-state index in [1.807, 2.05) is 0 Å². The summed E-state index contributed by atoms with van der Waals surface area (Å²) in [5, 5.41) is 2.87. The molecule has 462 valence electrons. The lowest BCUT2D eigenvalue weighted by molar-refractivity contribution is -0.275. The predicted molar refractivity (Wildman–Crippen MR) is 321 cm³/mol. The Morgan fingerprint density at radius 2 is 1.30 bits per heavy atom. The molecule has 0 saturated carbocycles. The summed E-state index contributed by atoms with van der Waals surface area (Å²) in [4.78, 5) is 39.6. The third-order valence-electron chi connectivity index (χ3n) is 12.9. The van der Waals surface area contributed by atoms with Gasteiger partial charge >= 0.3 is 13.8 Å². The SMILES string of the molecule is C#CC#CC#CC#CC#CC#CCC#CC(=O)CC(=O)N[C@H]1[C@@H](OC=CC)O[C@H](CCCO[C@@H]2O[C@H](COC)[C@@H](OP(=O)(OCC=C)OCC=C)[C@H](OCC[C@@H](CCCCCCC)OC)[C@H]2N)[C@@H](OC(C)=O)[C@@H]1OCCCCCCCCCC. The number of ketones is 1. The quantitative estimate of drug-likeness (QED) is 0.00853. The highest BCUT2D eigenvalue weighted by molar-refractivity contribution is 7.48. The molecule has 84 heavy (non-hydrogen) atoms. The Morgan fingerprint density at radius 1 is 0.702 bits per heavy atom. The number of ether oxygens (including phenoxy) is 9. The highest BCUT2D eigenvalue weighted by atomic mass is 31.2. The van der Waals surface area contributed by atoms with Gasteiger partial charge in [0.05, 0.1) is 51.1 Å². The number of terminal acetylenes is 1. The first-order valence-electron chi connectivity index (χ1n) is 29.3. The molecule has 2 aliphatic rings. The fourth-order valence-electron chi connectivity index (χ4n) is 8.92. The third kappa shape index (κ3) is 32.0. The molecule has 2 heterocycles. The summed E-state index contributed by atoms with van der Waals surface area (Å²) < 4.78 is 87.5. The first-order chi connectivity index (χ1) is 40.8. The highest BCUT2D eigenvalue weighted by Crippen LogP contribution is 2.52. The number of amides is 1. The monoisotopic (exact) mass is 1190 g/mol. The molecule has 2 fully saturated rings. The first kappa shape index (κ1) is 74.4. The van der Waals surface area contributed by atoms with E-state index in [0.29, 0.717) is 19.3 Å². The largest absolute Gasteiger partial charge is 0.475 e. The maximum absolute atomic E-state index is 14.1. The minimum Gasteiger partial charge on any atom is -0.471 e. The maximum atomic E-state index is 14.1. The number of hydrogen-bond donors (Lipinski definition) is 2. The molecular formula is C65H91N2O16P. The van der Waals surface area contributed by atoms with Gasteiger partial charge in [-0.15, -0.1) is 19.6 Å². The molecule has 0 unspecified atom stereocenters. The van der Waals surface area contributed by atoms with E-state index in [2.05, 4.69) is 109 Å². The smallest absolute Gasteiger partial charge is 0.471 e. The van der Waals surface area contributed by atoms with Gasteiger partial charge < -0.3 is 53.7 Å². The van der Waals surface area contributed by atoms with Crippen molar-refractivity contribution in [2.45, 2.75) is 217 Å². The zero-order chi connectivity index (χ0) is 61.5. The van der Waals surface area contributed by atoms with Gasteiger partial charge in [-0.3, -0.25) is 28.0 Å². The van der Waals surface area contributed by atoms with Crippen molar-refractivity contribution in [1.29, 1.82) is 0 Å². The molecule has 0 bridgehead atoms. The Balaban J connectivity index is 2.41. The molecule has 18 nitrogen and oxygen atoms in total. The summed E-state index contributed by atoms with van der Waals surface area (Å²) in [6, 6.07) is -2.06. The van der Waals surface area contributed by atoms with Crippen LogP contribution in [0.2, 0.25) is 0 Å². The van der Waals surface area contributed by atoms with Crippen molar-refractivity contribution < 1.29 is 75.2 Å². The maximum Gasteiger partial charge on any atom is 0.475 e. The van der Waals surface area contributed by atoms with Crippen LogP contribution in [-0.4, -0.2) is 139 Å². The summed E-state index contributed by atoms with van der Waals surface area (Å²) >= 11 is 0. The van der Waals surface area contributed by atoms with Crippen molar-refractivity contribution in [2.75, 3.05) is 53.9 Å². The second-order valence-electron chi connectivity index (χ2n) is 19.6. The lowest BCUT2D eigenvalue weighted by atomic mass is 9.93. The molecule has 11 atom stereocenters. The summed E-state index contributed by atoms with van der Waals surface area (Å²) in [6.07, 6.45) is 18.0. The van der Waals surface area contributed by atoms with Crippen LogP contribution in [0.25, 0.3) is 0 Å². The molecule has 0 aliphatic carbocycles. The number of carbonyl (C=O) groups excluding carboxylic acids is 3. The molecule has 19 heteroatoms. The Morgan fingerprint density at radius 3 is 1.90 bits per heavy atom. The van der Waals surface area contributed by atoms with E-state index < -0.39 is 93.2 Å². The molecule has 2 aliphatic heterocycles. The van der Waals surface area contributed by atoms with Crippen molar-refractivity contribution >= 4 is 25.5 Å². The molecular weight excluding hydrogens is 1100 g/mol. The van der Waals surface area contributed by atoms with E-state index >= 15 is 0 Å². The summed E-state index contributed by atoms with van der Waals surface area (Å²) in [7, 11) is -1.13. The van der Waals surface area contributed by atoms with Crippen LogP contribution in [0.1, 0.15) is 150 Å². The second kappa shape index (κ2) is 47.6. The molecule has 1 amide bonds. The van der Waals surface area contributed by atoms with Gasteiger partial charge in [0, 0.05) is 41.0 Å². The molecule has 0 aromatic heterocycles. The van der Waals surface area contributed by atoms with Gasteiger partial charge in [0.1, 0.15) is 36.6 Å². The number of carbonyl (C=O) groups is 3. The second-order valence-corrected chi connectivity index (χ2v) is 21.2. The number of phosphoric ester groups is 1. The Bertz CT molecular complexity index is 2460. The van der Waals surface area contributed by atoms with E-state index in [0.717, 1.165) is 64.2 Å². The molecule has 0 spiro atoms. The van der Waals surface area contributed by atoms with Gasteiger partial charge in [-0.05, 0) is 104 Å². The van der Waals surface area contributed by atoms with Crippen LogP contribution in [0.4, 0.5) is 0 Å². The predicted octanol–water partition coefficient (Wildman–Crippen LogP) is 8.75. The number of hydrogen-bond acceptors (Lipinski definition) is 17. The van der Waals surface area contributed by atoms with E-state index in [-0.39, 0.29) is 58.6 Å². The van der Waals surface area contributed by atoms with Crippen molar-refractivity contribution in [2.24, 2.45) is 5.73 Å². The van der Waals surface area contributed by atoms with E-state index in [1.54, 1.807) is 20.1 Å². The number of Topliss-reactive ketones (excluding diaryl/α,β-unsaturated/α-hetero) is 1. The number of nitrogens with one attached hydrogen (secondary N) is 1. The van der Waals surface area contributed by atoms with Gasteiger partial charge in [0.25, 0.3) is 0 Å². The number of esters is 1. The molecule has 0 aromatic rings. The standard InChI is InChI=1S/C65H91N2O16P/c1-10-16-19-22-24-26-27-28-29-30-31-34-36-40-53(69)50-57(70)67-59-63(74-47-38-35-32-25-23-20-17-11-2)60(80-52(7)68)55(81-65(59)76-44-13-4)42-39-48-77-64-58(66)62(75-49-43-54(73-9)41-37-33-21-18-12-3)61(56(82-64)51-72-8)83-84(71,78-45-14-5)79-46-15-6/h1,13-15,44,54-56,58-65H,5-6,11-12,17-18,20-21,23,25,32-35,37-39,41-43,45-51,66H2,2-4,7-9H3,(H,67,70)/t54-,55-,56-,58-,59-,60-,61-,62-,63-,64-,65+/m1/s1. The van der Waals surface area contributed by atoms with Gasteiger partial charge in [-0.2, -0.15) is 0 Å². The third-order valence-corrected chi connectivity index (χ3v) is 14.4. The highest BCUT2D eigenvalue weighted by Gasteiger charge is 2.52. The number of methoxy groups -OCH3 is 2. The Labute approximate surface area is 501 Å². The fraction of sp³-hybridized carbons (Fsp3) is 0.646. The molecule has 2 saturated heterocycles. The van der Waals surface area contributed by atoms with Crippen LogP contribution >= 0.6 is 7.82 Å². The first-order valence-corrected chi connectivity index (χ1v) is 30.7. The van der Waals surface area contributed by atoms with Crippen molar-refractivity contribution in [3.05, 3.63) is 37.6 Å². The van der Waals surface area contributed by atoms with E-state index in [9.17, 15) is 18.9 Å². The van der Waals surface area contributed by atoms with Crippen LogP contribution < -0.4 is 11.1 Å². The molecule has 3 N–H and O–H groups in total. The molecule has 0 aromatic carbocycles. The number of unbranched alkanes of at least 4 members (excludes halogenated alkanes) is 11. The number of rotatable bonds is 42. The lowest BCUT2D eigenvalue weighted by Crippen LogP contribution is -2.65. The zero-order valence-corrected chi connectivity index (χ0v) is 51.3. The number of phosphoric acid groups is 1. The lowest BCUT2D eigenvalue weighted by Gasteiger charge is -2.46. The van der Waals surface area contributed by atoms with Crippen molar-refractivity contribution in [3.8, 4) is 83.4 Å². The summed E-state index contributed by atoms with van der Waals surface area (Å²) in [5.41, 5.74) is 6.97. The minimum atomic E-state index is -4.29. The minimum absolute atomic E-state index is 0.00921. The number of nitrogens with two attached hydrogens (primary N) is 1. The Hall–Kier alpha value is -5.66. The topological polar surface area (TPSA) is 217 Å². The molecule has 2 rings (SSSR count). The van der Waals surface area contributed by atoms with Crippen LogP contribution in [0, 0.1) is 83.4 Å². The van der Waals surface area contributed by atoms with Gasteiger partial charge in [0.2, 0.25) is 18.0 Å². The summed E-state index contributed by atoms with van der Waals surface area (Å²) in [6.45, 7) is 14.9. The average Bonchev–Trinajstić information content (AvgIpc) is 1.96. The van der Waals surface area contributed by atoms with E-state index in [1.165, 1.54) is 51.7 Å². The van der Waals surface area contributed by atoms with Gasteiger partial charge in [-0.25, -0.2) is 4.57 Å². The normalized spacial score (nSPS) is 21.9. The molecule has 0 radical (unpaired) electrons. The van der Waals surface area contributed by atoms with Crippen LogP contribution in [0.3, 0.4) is 0 Å². The van der Waals surface area contributed by atoms with Crippen molar-refractivity contribution in [1.82, 2.24) is 5.32 Å². The Kier molecular flexibility index (Phi) is 42.2. The van der Waals surface area contributed by atoms with Crippen LogP contribution in [-0.2, 0) is 75.2 Å². The average molecular weight is 1190 g/mol. The van der Waals surface area contributed by atoms with Gasteiger partial charge in [0.15, 0.2) is 12.4 Å².